The Morgan fingerprint density at radius 2 is 1.96 bits per heavy atom. The Labute approximate surface area is 147 Å². The minimum atomic E-state index is 0.332. The molecule has 3 rings (SSSR count). The predicted molar refractivity (Wildman–Crippen MR) is 97.4 cm³/mol. The van der Waals surface area contributed by atoms with E-state index in [9.17, 15) is 0 Å². The van der Waals surface area contributed by atoms with Gasteiger partial charge in [0, 0.05) is 39.4 Å². The zero-order chi connectivity index (χ0) is 16.6. The van der Waals surface area contributed by atoms with Crippen molar-refractivity contribution in [3.63, 3.8) is 0 Å². The maximum atomic E-state index is 5.73. The quantitative estimate of drug-likeness (QED) is 0.441. The Hall–Kier alpha value is -0.810. The molecule has 0 bridgehead atoms. The van der Waals surface area contributed by atoms with Crippen LogP contribution in [0.3, 0.4) is 0 Å². The molecule has 24 heavy (non-hydrogen) atoms. The van der Waals surface area contributed by atoms with Gasteiger partial charge in [0.2, 0.25) is 0 Å². The molecule has 1 N–H and O–H groups in total. The van der Waals surface area contributed by atoms with Crippen LogP contribution in [0.1, 0.15) is 51.9 Å². The number of aliphatic imine (C=N–C) groups is 1. The number of hydrogen-bond acceptors (Lipinski definition) is 3. The summed E-state index contributed by atoms with van der Waals surface area (Å²) >= 11 is 0. The van der Waals surface area contributed by atoms with Crippen molar-refractivity contribution < 1.29 is 9.47 Å². The average molecular weight is 338 g/mol. The summed E-state index contributed by atoms with van der Waals surface area (Å²) in [6, 6.07) is 0. The maximum absolute atomic E-state index is 5.73. The number of rotatable bonds is 7. The van der Waals surface area contributed by atoms with Gasteiger partial charge < -0.3 is 19.7 Å². The molecular formula is C19H35N3O2. The summed E-state index contributed by atoms with van der Waals surface area (Å²) in [4.78, 5) is 7.34. The van der Waals surface area contributed by atoms with E-state index in [1.807, 2.05) is 0 Å². The Morgan fingerprint density at radius 1 is 1.17 bits per heavy atom. The Morgan fingerprint density at radius 3 is 2.62 bits per heavy atom. The SMILES string of the molecule is CCNC(=NCCCOCC1CCCO1)N1CC2CCCCC2C1. The third-order valence-electron chi connectivity index (χ3n) is 5.65. The van der Waals surface area contributed by atoms with Crippen molar-refractivity contribution in [1.82, 2.24) is 10.2 Å². The lowest BCUT2D eigenvalue weighted by molar-refractivity contribution is 0.0170. The van der Waals surface area contributed by atoms with Gasteiger partial charge in [-0.3, -0.25) is 4.99 Å². The van der Waals surface area contributed by atoms with E-state index in [-0.39, 0.29) is 0 Å². The Bertz CT molecular complexity index is 382. The number of nitrogens with one attached hydrogen (secondary N) is 1. The van der Waals surface area contributed by atoms with Crippen LogP contribution in [-0.2, 0) is 9.47 Å². The molecule has 0 amide bonds. The largest absolute Gasteiger partial charge is 0.379 e. The topological polar surface area (TPSA) is 46.1 Å². The summed E-state index contributed by atoms with van der Waals surface area (Å²) in [5.41, 5.74) is 0. The smallest absolute Gasteiger partial charge is 0.193 e. The first-order chi connectivity index (χ1) is 11.9. The molecule has 0 aromatic carbocycles. The minimum Gasteiger partial charge on any atom is -0.379 e. The van der Waals surface area contributed by atoms with Gasteiger partial charge in [-0.25, -0.2) is 0 Å². The molecule has 3 atom stereocenters. The van der Waals surface area contributed by atoms with E-state index in [0.717, 1.165) is 63.5 Å². The maximum Gasteiger partial charge on any atom is 0.193 e. The van der Waals surface area contributed by atoms with Gasteiger partial charge in [0.05, 0.1) is 12.7 Å². The lowest BCUT2D eigenvalue weighted by atomic mass is 9.82. The third kappa shape index (κ3) is 5.09. The lowest BCUT2D eigenvalue weighted by Crippen LogP contribution is -2.40. The summed E-state index contributed by atoms with van der Waals surface area (Å²) in [5, 5.41) is 3.49. The van der Waals surface area contributed by atoms with Crippen molar-refractivity contribution in [2.45, 2.75) is 58.0 Å². The van der Waals surface area contributed by atoms with Crippen LogP contribution >= 0.6 is 0 Å². The molecule has 5 heteroatoms. The monoisotopic (exact) mass is 337 g/mol. The molecule has 0 aromatic heterocycles. The first-order valence-electron chi connectivity index (χ1n) is 10.1. The number of ether oxygens (including phenoxy) is 2. The molecule has 1 aliphatic carbocycles. The summed E-state index contributed by atoms with van der Waals surface area (Å²) in [6.07, 6.45) is 9.33. The van der Waals surface area contributed by atoms with Gasteiger partial charge in [-0.05, 0) is 50.9 Å². The number of nitrogens with zero attached hydrogens (tertiary/aromatic N) is 2. The first-order valence-corrected chi connectivity index (χ1v) is 10.1. The highest BCUT2D eigenvalue weighted by Crippen LogP contribution is 2.35. The molecule has 3 aliphatic rings. The second-order valence-electron chi connectivity index (χ2n) is 7.51. The average Bonchev–Trinajstić information content (AvgIpc) is 3.25. The second-order valence-corrected chi connectivity index (χ2v) is 7.51. The standard InChI is InChI=1S/C19H35N3O2/c1-2-20-19(22-13-16-7-3-4-8-17(16)14-22)21-10-6-11-23-15-18-9-5-12-24-18/h16-18H,2-15H2,1H3,(H,20,21). The van der Waals surface area contributed by atoms with Crippen LogP contribution in [0.25, 0.3) is 0 Å². The Kier molecular flexibility index (Phi) is 7.21. The zero-order valence-corrected chi connectivity index (χ0v) is 15.3. The highest BCUT2D eigenvalue weighted by molar-refractivity contribution is 5.80. The molecule has 2 saturated heterocycles. The van der Waals surface area contributed by atoms with Crippen LogP contribution in [0.2, 0.25) is 0 Å². The van der Waals surface area contributed by atoms with Gasteiger partial charge in [-0.1, -0.05) is 12.8 Å². The van der Waals surface area contributed by atoms with Crippen LogP contribution in [0.5, 0.6) is 0 Å². The van der Waals surface area contributed by atoms with E-state index in [2.05, 4.69) is 17.1 Å². The van der Waals surface area contributed by atoms with Gasteiger partial charge in [0.1, 0.15) is 0 Å². The second kappa shape index (κ2) is 9.62. The van der Waals surface area contributed by atoms with E-state index < -0.39 is 0 Å². The van der Waals surface area contributed by atoms with Gasteiger partial charge in [0.25, 0.3) is 0 Å². The third-order valence-corrected chi connectivity index (χ3v) is 5.65. The van der Waals surface area contributed by atoms with E-state index in [4.69, 9.17) is 14.5 Å². The summed E-state index contributed by atoms with van der Waals surface area (Å²) in [7, 11) is 0. The van der Waals surface area contributed by atoms with Gasteiger partial charge in [-0.15, -0.1) is 0 Å². The zero-order valence-electron chi connectivity index (χ0n) is 15.3. The number of hydrogen-bond donors (Lipinski definition) is 1. The summed E-state index contributed by atoms with van der Waals surface area (Å²) in [5.74, 6) is 2.92. The number of likely N-dealkylation sites (tertiary alicyclic amines) is 1. The molecule has 3 unspecified atom stereocenters. The first kappa shape index (κ1) is 18.0. The van der Waals surface area contributed by atoms with E-state index in [1.54, 1.807) is 0 Å². The molecule has 3 fully saturated rings. The lowest BCUT2D eigenvalue weighted by Gasteiger charge is -2.22. The van der Waals surface area contributed by atoms with Crippen molar-refractivity contribution in [3.05, 3.63) is 0 Å². The molecule has 138 valence electrons. The number of fused-ring (bicyclic) bond motifs is 1. The van der Waals surface area contributed by atoms with Crippen molar-refractivity contribution in [3.8, 4) is 0 Å². The molecular weight excluding hydrogens is 302 g/mol. The predicted octanol–water partition coefficient (Wildman–Crippen LogP) is 2.66. The van der Waals surface area contributed by atoms with Crippen LogP contribution in [-0.4, -0.2) is 63.0 Å². The fourth-order valence-electron chi connectivity index (χ4n) is 4.35. The van der Waals surface area contributed by atoms with E-state index in [0.29, 0.717) is 6.10 Å². The molecule has 0 radical (unpaired) electrons. The fourth-order valence-corrected chi connectivity index (χ4v) is 4.35. The molecule has 2 aliphatic heterocycles. The highest BCUT2D eigenvalue weighted by atomic mass is 16.5. The van der Waals surface area contributed by atoms with Crippen molar-refractivity contribution >= 4 is 5.96 Å². The minimum absolute atomic E-state index is 0.332. The van der Waals surface area contributed by atoms with Crippen LogP contribution in [0, 0.1) is 11.8 Å². The van der Waals surface area contributed by atoms with Crippen molar-refractivity contribution in [2.75, 3.05) is 46.0 Å². The summed E-state index contributed by atoms with van der Waals surface area (Å²) in [6.45, 7) is 8.79. The van der Waals surface area contributed by atoms with E-state index >= 15 is 0 Å². The van der Waals surface area contributed by atoms with Gasteiger partial charge >= 0.3 is 0 Å². The highest BCUT2D eigenvalue weighted by Gasteiger charge is 2.35. The fraction of sp³-hybridized carbons (Fsp3) is 0.947. The van der Waals surface area contributed by atoms with Crippen LogP contribution < -0.4 is 5.32 Å². The van der Waals surface area contributed by atoms with Crippen molar-refractivity contribution in [1.29, 1.82) is 0 Å². The molecule has 2 heterocycles. The molecule has 5 nitrogen and oxygen atoms in total. The van der Waals surface area contributed by atoms with Gasteiger partial charge in [0.15, 0.2) is 5.96 Å². The van der Waals surface area contributed by atoms with Gasteiger partial charge in [-0.2, -0.15) is 0 Å². The number of guanidine groups is 1. The Balaban J connectivity index is 1.37. The molecule has 0 aromatic rings. The molecule has 1 saturated carbocycles. The van der Waals surface area contributed by atoms with Crippen LogP contribution in [0.15, 0.2) is 4.99 Å². The normalized spacial score (nSPS) is 30.6. The van der Waals surface area contributed by atoms with Crippen LogP contribution in [0.4, 0.5) is 0 Å². The van der Waals surface area contributed by atoms with E-state index in [1.165, 1.54) is 45.2 Å². The molecule has 0 spiro atoms. The van der Waals surface area contributed by atoms with Crippen molar-refractivity contribution in [2.24, 2.45) is 16.8 Å². The summed E-state index contributed by atoms with van der Waals surface area (Å²) < 4.78 is 11.3.